The van der Waals surface area contributed by atoms with E-state index in [0.717, 1.165) is 0 Å². The smallest absolute Gasteiger partial charge is 0.233 e. The summed E-state index contributed by atoms with van der Waals surface area (Å²) in [6.07, 6.45) is 0. The highest BCUT2D eigenvalue weighted by molar-refractivity contribution is 6.36. The highest BCUT2D eigenvalue weighted by Crippen LogP contribution is 2.27. The summed E-state index contributed by atoms with van der Waals surface area (Å²) >= 11 is 17.4. The molecule has 0 bridgehead atoms. The summed E-state index contributed by atoms with van der Waals surface area (Å²) in [5.74, 6) is 0.240. The zero-order valence-electron chi connectivity index (χ0n) is 8.28. The second-order valence-electron chi connectivity index (χ2n) is 3.04. The van der Waals surface area contributed by atoms with Crippen LogP contribution in [0.3, 0.4) is 0 Å². The maximum absolute atomic E-state index is 5.98. The molecule has 5 nitrogen and oxygen atoms in total. The number of nitrogens with one attached hydrogen (secondary N) is 1. The van der Waals surface area contributed by atoms with Gasteiger partial charge in [0, 0.05) is 5.02 Å². The minimum absolute atomic E-state index is 0.00471. The highest BCUT2D eigenvalue weighted by Gasteiger charge is 2.06. The lowest BCUT2D eigenvalue weighted by Gasteiger charge is -2.07. The van der Waals surface area contributed by atoms with Crippen molar-refractivity contribution in [2.24, 2.45) is 0 Å². The molecule has 88 valence electrons. The average Bonchev–Trinajstić information content (AvgIpc) is 2.21. The lowest BCUT2D eigenvalue weighted by molar-refractivity contribution is 1.07. The summed E-state index contributed by atoms with van der Waals surface area (Å²) in [5, 5.41) is 3.84. The van der Waals surface area contributed by atoms with Crippen molar-refractivity contribution in [3.63, 3.8) is 0 Å². The molecule has 0 aliphatic carbocycles. The Balaban J connectivity index is 2.31. The zero-order chi connectivity index (χ0) is 12.4. The van der Waals surface area contributed by atoms with E-state index in [2.05, 4.69) is 20.3 Å². The second-order valence-corrected chi connectivity index (χ2v) is 4.22. The van der Waals surface area contributed by atoms with Gasteiger partial charge in [-0.3, -0.25) is 0 Å². The minimum atomic E-state index is 0.00471. The van der Waals surface area contributed by atoms with Crippen molar-refractivity contribution in [1.82, 2.24) is 15.0 Å². The van der Waals surface area contributed by atoms with Gasteiger partial charge in [-0.25, -0.2) is 0 Å². The first-order chi connectivity index (χ1) is 8.04. The largest absolute Gasteiger partial charge is 0.368 e. The maximum atomic E-state index is 5.98. The van der Waals surface area contributed by atoms with Crippen molar-refractivity contribution in [1.29, 1.82) is 0 Å². The number of nitrogens with two attached hydrogens (primary N) is 1. The number of anilines is 3. The number of hydrogen-bond donors (Lipinski definition) is 2. The number of nitrogens with zero attached hydrogens (tertiary/aromatic N) is 3. The van der Waals surface area contributed by atoms with Crippen LogP contribution in [-0.4, -0.2) is 15.0 Å². The number of benzene rings is 1. The van der Waals surface area contributed by atoms with E-state index < -0.39 is 0 Å². The van der Waals surface area contributed by atoms with Crippen molar-refractivity contribution in [2.75, 3.05) is 11.1 Å². The molecule has 0 radical (unpaired) electrons. The molecule has 1 heterocycles. The van der Waals surface area contributed by atoms with Crippen molar-refractivity contribution < 1.29 is 0 Å². The van der Waals surface area contributed by atoms with Gasteiger partial charge >= 0.3 is 0 Å². The Labute approximate surface area is 112 Å². The summed E-state index contributed by atoms with van der Waals surface area (Å²) < 4.78 is 0. The monoisotopic (exact) mass is 289 g/mol. The molecule has 0 amide bonds. The van der Waals surface area contributed by atoms with Gasteiger partial charge < -0.3 is 11.1 Å². The van der Waals surface area contributed by atoms with Gasteiger partial charge in [0.25, 0.3) is 0 Å². The molecule has 8 heteroatoms. The molecule has 1 aromatic heterocycles. The molecule has 0 aliphatic rings. The third kappa shape index (κ3) is 3.09. The molecule has 17 heavy (non-hydrogen) atoms. The van der Waals surface area contributed by atoms with Crippen LogP contribution in [0.1, 0.15) is 0 Å². The number of nitrogen functional groups attached to an aromatic ring is 1. The molecule has 0 spiro atoms. The Morgan fingerprint density at radius 3 is 2.47 bits per heavy atom. The molecule has 1 aromatic carbocycles. The van der Waals surface area contributed by atoms with Crippen LogP contribution in [-0.2, 0) is 0 Å². The van der Waals surface area contributed by atoms with Gasteiger partial charge in [0.15, 0.2) is 0 Å². The zero-order valence-corrected chi connectivity index (χ0v) is 10.6. The van der Waals surface area contributed by atoms with Gasteiger partial charge in [-0.1, -0.05) is 23.2 Å². The highest BCUT2D eigenvalue weighted by atomic mass is 35.5. The summed E-state index contributed by atoms with van der Waals surface area (Å²) in [5.41, 5.74) is 6.03. The van der Waals surface area contributed by atoms with Gasteiger partial charge in [0.1, 0.15) is 0 Å². The fourth-order valence-electron chi connectivity index (χ4n) is 1.13. The van der Waals surface area contributed by atoms with Crippen LogP contribution in [0.25, 0.3) is 0 Å². The molecular weight excluding hydrogens is 284 g/mol. The molecule has 0 fully saturated rings. The van der Waals surface area contributed by atoms with Crippen LogP contribution < -0.4 is 11.1 Å². The summed E-state index contributed by atoms with van der Waals surface area (Å²) in [6.45, 7) is 0. The number of aromatic nitrogens is 3. The Morgan fingerprint density at radius 2 is 1.82 bits per heavy atom. The van der Waals surface area contributed by atoms with Gasteiger partial charge in [-0.2, -0.15) is 15.0 Å². The lowest BCUT2D eigenvalue weighted by Crippen LogP contribution is -2.03. The van der Waals surface area contributed by atoms with Crippen LogP contribution in [0.2, 0.25) is 15.3 Å². The quantitative estimate of drug-likeness (QED) is 0.888. The fraction of sp³-hybridized carbons (Fsp3) is 0. The normalized spacial score (nSPS) is 10.3. The van der Waals surface area contributed by atoms with Crippen molar-refractivity contribution in [3.8, 4) is 0 Å². The van der Waals surface area contributed by atoms with Crippen LogP contribution >= 0.6 is 34.8 Å². The van der Waals surface area contributed by atoms with E-state index in [1.807, 2.05) is 0 Å². The van der Waals surface area contributed by atoms with Gasteiger partial charge in [0.2, 0.25) is 17.2 Å². The number of halogens is 3. The molecule has 2 aromatic rings. The summed E-state index contributed by atoms with van der Waals surface area (Å²) in [7, 11) is 0. The average molecular weight is 291 g/mol. The Bertz CT molecular complexity index is 540. The fourth-order valence-corrected chi connectivity index (χ4v) is 1.76. The van der Waals surface area contributed by atoms with E-state index in [0.29, 0.717) is 15.7 Å². The van der Waals surface area contributed by atoms with E-state index in [1.165, 1.54) is 0 Å². The van der Waals surface area contributed by atoms with E-state index in [1.54, 1.807) is 18.2 Å². The van der Waals surface area contributed by atoms with Crippen molar-refractivity contribution >= 4 is 52.4 Å². The molecular formula is C9H6Cl3N5. The third-order valence-electron chi connectivity index (χ3n) is 1.80. The van der Waals surface area contributed by atoms with E-state index in [-0.39, 0.29) is 17.2 Å². The lowest BCUT2D eigenvalue weighted by atomic mass is 10.3. The van der Waals surface area contributed by atoms with Crippen LogP contribution in [0.4, 0.5) is 17.6 Å². The van der Waals surface area contributed by atoms with Gasteiger partial charge in [-0.05, 0) is 29.8 Å². The third-order valence-corrected chi connectivity index (χ3v) is 2.52. The van der Waals surface area contributed by atoms with Crippen molar-refractivity contribution in [2.45, 2.75) is 0 Å². The second kappa shape index (κ2) is 4.91. The molecule has 0 unspecified atom stereocenters. The van der Waals surface area contributed by atoms with Crippen LogP contribution in [0, 0.1) is 0 Å². The summed E-state index contributed by atoms with van der Waals surface area (Å²) in [6, 6.07) is 4.97. The van der Waals surface area contributed by atoms with E-state index >= 15 is 0 Å². The Hall–Kier alpha value is -1.30. The van der Waals surface area contributed by atoms with Crippen LogP contribution in [0.15, 0.2) is 18.2 Å². The van der Waals surface area contributed by atoms with Crippen molar-refractivity contribution in [3.05, 3.63) is 33.5 Å². The summed E-state index contributed by atoms with van der Waals surface area (Å²) in [4.78, 5) is 11.4. The SMILES string of the molecule is Nc1nc(Cl)nc(Nc2ccc(Cl)cc2Cl)n1. The standard InChI is InChI=1S/C9H6Cl3N5/c10-4-1-2-6(5(11)3-4)14-9-16-7(12)15-8(13)17-9/h1-3H,(H3,13,14,15,16,17). The predicted octanol–water partition coefficient (Wildman–Crippen LogP) is 3.16. The minimum Gasteiger partial charge on any atom is -0.368 e. The molecule has 0 aliphatic heterocycles. The first-order valence-corrected chi connectivity index (χ1v) is 5.57. The maximum Gasteiger partial charge on any atom is 0.233 e. The number of hydrogen-bond acceptors (Lipinski definition) is 5. The van der Waals surface area contributed by atoms with Gasteiger partial charge in [-0.15, -0.1) is 0 Å². The molecule has 0 saturated heterocycles. The van der Waals surface area contributed by atoms with Gasteiger partial charge in [0.05, 0.1) is 10.7 Å². The Morgan fingerprint density at radius 1 is 1.06 bits per heavy atom. The Kier molecular flexibility index (Phi) is 3.51. The molecule has 2 rings (SSSR count). The predicted molar refractivity (Wildman–Crippen MR) is 69.0 cm³/mol. The molecule has 0 atom stereocenters. The topological polar surface area (TPSA) is 76.7 Å². The first-order valence-electron chi connectivity index (χ1n) is 4.44. The number of rotatable bonds is 2. The molecule has 0 saturated carbocycles. The van der Waals surface area contributed by atoms with E-state index in [9.17, 15) is 0 Å². The molecule has 3 N–H and O–H groups in total. The van der Waals surface area contributed by atoms with E-state index in [4.69, 9.17) is 40.5 Å². The first kappa shape index (κ1) is 12.2. The van der Waals surface area contributed by atoms with Crippen LogP contribution in [0.5, 0.6) is 0 Å².